The molecule has 6 heteroatoms. The number of carbonyl (C=O) groups is 1. The van der Waals surface area contributed by atoms with Crippen LogP contribution in [0, 0.1) is 0 Å². The van der Waals surface area contributed by atoms with Crippen LogP contribution in [0.4, 0.5) is 5.69 Å². The Morgan fingerprint density at radius 1 is 1.37 bits per heavy atom. The average Bonchev–Trinajstić information content (AvgIpc) is 2.58. The molecule has 1 aliphatic heterocycles. The SMILES string of the molecule is CCO/N=C1/C(=O)N([Si](C)(C)C)c2ccc(Br)cc21. The molecule has 1 aromatic rings. The van der Waals surface area contributed by atoms with Crippen molar-refractivity contribution in [2.75, 3.05) is 11.2 Å². The zero-order valence-electron chi connectivity index (χ0n) is 11.5. The van der Waals surface area contributed by atoms with Crippen molar-refractivity contribution in [2.24, 2.45) is 5.16 Å². The second-order valence-corrected chi connectivity index (χ2v) is 11.0. The lowest BCUT2D eigenvalue weighted by Crippen LogP contribution is -2.49. The van der Waals surface area contributed by atoms with Gasteiger partial charge in [-0.15, -0.1) is 0 Å². The molecule has 1 amide bonds. The van der Waals surface area contributed by atoms with Crippen LogP contribution in [-0.2, 0) is 9.63 Å². The number of halogens is 1. The molecule has 0 fully saturated rings. The van der Waals surface area contributed by atoms with Crippen LogP contribution in [0.1, 0.15) is 12.5 Å². The Kier molecular flexibility index (Phi) is 3.82. The number of carbonyl (C=O) groups excluding carboxylic acids is 1. The lowest BCUT2D eigenvalue weighted by Gasteiger charge is -2.30. The standard InChI is InChI=1S/C13H17BrN2O2Si/c1-5-18-15-12-10-8-9(14)6-7-11(10)16(13(12)17)19(2,3)4/h6-8H,5H2,1-4H3/b15-12+. The van der Waals surface area contributed by atoms with E-state index in [4.69, 9.17) is 4.84 Å². The molecule has 0 aromatic heterocycles. The highest BCUT2D eigenvalue weighted by molar-refractivity contribution is 9.10. The summed E-state index contributed by atoms with van der Waals surface area (Å²) in [5.41, 5.74) is 2.18. The Morgan fingerprint density at radius 2 is 2.05 bits per heavy atom. The van der Waals surface area contributed by atoms with Crippen LogP contribution in [0.5, 0.6) is 0 Å². The van der Waals surface area contributed by atoms with Crippen molar-refractivity contribution >= 4 is 41.5 Å². The number of nitrogens with zero attached hydrogens (tertiary/aromatic N) is 2. The van der Waals surface area contributed by atoms with E-state index >= 15 is 0 Å². The highest BCUT2D eigenvalue weighted by Gasteiger charge is 2.41. The highest BCUT2D eigenvalue weighted by atomic mass is 79.9. The molecule has 0 spiro atoms. The van der Waals surface area contributed by atoms with Crippen LogP contribution in [0.3, 0.4) is 0 Å². The minimum atomic E-state index is -1.80. The molecule has 1 aromatic carbocycles. The number of hydrogen-bond donors (Lipinski definition) is 0. The molecule has 0 saturated heterocycles. The molecular weight excluding hydrogens is 324 g/mol. The van der Waals surface area contributed by atoms with Crippen LogP contribution >= 0.6 is 15.9 Å². The molecule has 0 saturated carbocycles. The van der Waals surface area contributed by atoms with Gasteiger partial charge < -0.3 is 9.40 Å². The second-order valence-electron chi connectivity index (χ2n) is 5.33. The van der Waals surface area contributed by atoms with E-state index in [9.17, 15) is 4.79 Å². The molecule has 4 nitrogen and oxygen atoms in total. The third-order valence-corrected chi connectivity index (χ3v) is 5.09. The smallest absolute Gasteiger partial charge is 0.273 e. The van der Waals surface area contributed by atoms with Gasteiger partial charge in [-0.2, -0.15) is 0 Å². The first-order chi connectivity index (χ1) is 8.86. The van der Waals surface area contributed by atoms with Crippen LogP contribution in [-0.4, -0.2) is 26.5 Å². The molecule has 0 unspecified atom stereocenters. The van der Waals surface area contributed by atoms with E-state index in [-0.39, 0.29) is 5.91 Å². The van der Waals surface area contributed by atoms with E-state index in [0.717, 1.165) is 15.7 Å². The number of rotatable bonds is 3. The van der Waals surface area contributed by atoms with Crippen molar-refractivity contribution in [1.82, 2.24) is 0 Å². The maximum Gasteiger partial charge on any atom is 0.273 e. The number of oxime groups is 1. The van der Waals surface area contributed by atoms with Gasteiger partial charge in [0, 0.05) is 15.7 Å². The van der Waals surface area contributed by atoms with Gasteiger partial charge in [-0.1, -0.05) is 40.7 Å². The minimum absolute atomic E-state index is 0.0549. The predicted molar refractivity (Wildman–Crippen MR) is 83.1 cm³/mol. The van der Waals surface area contributed by atoms with Gasteiger partial charge in [0.25, 0.3) is 5.91 Å². The molecule has 102 valence electrons. The van der Waals surface area contributed by atoms with Gasteiger partial charge in [0.15, 0.2) is 13.9 Å². The summed E-state index contributed by atoms with van der Waals surface area (Å²) in [6.07, 6.45) is 0. The average molecular weight is 341 g/mol. The van der Waals surface area contributed by atoms with Crippen molar-refractivity contribution in [3.8, 4) is 0 Å². The normalized spacial score (nSPS) is 17.0. The Balaban J connectivity index is 2.59. The van der Waals surface area contributed by atoms with E-state index in [0.29, 0.717) is 12.3 Å². The molecule has 19 heavy (non-hydrogen) atoms. The van der Waals surface area contributed by atoms with Crippen molar-refractivity contribution in [3.63, 3.8) is 0 Å². The third kappa shape index (κ3) is 2.60. The monoisotopic (exact) mass is 340 g/mol. The van der Waals surface area contributed by atoms with Crippen molar-refractivity contribution in [2.45, 2.75) is 26.6 Å². The number of hydrogen-bond acceptors (Lipinski definition) is 3. The zero-order chi connectivity index (χ0) is 14.2. The Labute approximate surface area is 122 Å². The van der Waals surface area contributed by atoms with Gasteiger partial charge in [0.1, 0.15) is 6.61 Å². The number of fused-ring (bicyclic) bond motifs is 1. The summed E-state index contributed by atoms with van der Waals surface area (Å²) in [7, 11) is -1.80. The van der Waals surface area contributed by atoms with Crippen molar-refractivity contribution in [1.29, 1.82) is 0 Å². The molecule has 0 radical (unpaired) electrons. The van der Waals surface area contributed by atoms with Gasteiger partial charge in [-0.25, -0.2) is 0 Å². The first-order valence-electron chi connectivity index (χ1n) is 6.20. The maximum absolute atomic E-state index is 12.6. The predicted octanol–water partition coefficient (Wildman–Crippen LogP) is 3.37. The highest BCUT2D eigenvalue weighted by Crippen LogP contribution is 2.35. The van der Waals surface area contributed by atoms with Crippen LogP contribution in [0.15, 0.2) is 27.8 Å². The van der Waals surface area contributed by atoms with E-state index in [1.807, 2.05) is 29.7 Å². The first kappa shape index (κ1) is 14.3. The second kappa shape index (κ2) is 5.09. The minimum Gasteiger partial charge on any atom is -0.395 e. The fourth-order valence-corrected chi connectivity index (χ4v) is 4.10. The molecule has 1 heterocycles. The van der Waals surface area contributed by atoms with Gasteiger partial charge >= 0.3 is 0 Å². The molecule has 0 aliphatic carbocycles. The molecule has 0 atom stereocenters. The van der Waals surface area contributed by atoms with Crippen LogP contribution < -0.4 is 4.57 Å². The van der Waals surface area contributed by atoms with E-state index in [2.05, 4.69) is 40.7 Å². The van der Waals surface area contributed by atoms with Gasteiger partial charge in [0.2, 0.25) is 0 Å². The lowest BCUT2D eigenvalue weighted by atomic mass is 10.1. The topological polar surface area (TPSA) is 41.9 Å². The van der Waals surface area contributed by atoms with Gasteiger partial charge in [0.05, 0.1) is 0 Å². The van der Waals surface area contributed by atoms with Crippen LogP contribution in [0.2, 0.25) is 19.6 Å². The molecule has 1 aliphatic rings. The number of amides is 1. The molecule has 0 N–H and O–H groups in total. The summed E-state index contributed by atoms with van der Waals surface area (Å²) in [4.78, 5) is 17.6. The summed E-state index contributed by atoms with van der Waals surface area (Å²) in [5, 5.41) is 4.00. The van der Waals surface area contributed by atoms with Gasteiger partial charge in [-0.05, 0) is 25.1 Å². The molecule has 0 bridgehead atoms. The number of benzene rings is 1. The largest absolute Gasteiger partial charge is 0.395 e. The summed E-state index contributed by atoms with van der Waals surface area (Å²) < 4.78 is 2.83. The Hall–Kier alpha value is -1.14. The summed E-state index contributed by atoms with van der Waals surface area (Å²) >= 11 is 3.44. The quantitative estimate of drug-likeness (QED) is 0.625. The van der Waals surface area contributed by atoms with E-state index in [1.54, 1.807) is 0 Å². The van der Waals surface area contributed by atoms with E-state index in [1.165, 1.54) is 0 Å². The van der Waals surface area contributed by atoms with Crippen molar-refractivity contribution < 1.29 is 9.63 Å². The number of anilines is 1. The lowest BCUT2D eigenvalue weighted by molar-refractivity contribution is -0.111. The van der Waals surface area contributed by atoms with Crippen LogP contribution in [0.25, 0.3) is 0 Å². The molecular formula is C13H17BrN2O2Si. The third-order valence-electron chi connectivity index (χ3n) is 2.82. The van der Waals surface area contributed by atoms with Gasteiger partial charge in [-0.3, -0.25) is 4.79 Å². The summed E-state index contributed by atoms with van der Waals surface area (Å²) in [6, 6.07) is 5.83. The zero-order valence-corrected chi connectivity index (χ0v) is 14.1. The molecule has 2 rings (SSSR count). The maximum atomic E-state index is 12.6. The fraction of sp³-hybridized carbons (Fsp3) is 0.385. The first-order valence-corrected chi connectivity index (χ1v) is 10.4. The fourth-order valence-electron chi connectivity index (χ4n) is 2.11. The van der Waals surface area contributed by atoms with E-state index < -0.39 is 8.24 Å². The summed E-state index contributed by atoms with van der Waals surface area (Å²) in [6.45, 7) is 8.72. The summed E-state index contributed by atoms with van der Waals surface area (Å²) in [5.74, 6) is -0.0549. The Morgan fingerprint density at radius 3 is 2.63 bits per heavy atom. The Bertz CT molecular complexity index is 552. The van der Waals surface area contributed by atoms with Crippen molar-refractivity contribution in [3.05, 3.63) is 28.2 Å².